The van der Waals surface area contributed by atoms with Gasteiger partial charge in [-0.2, -0.15) is 36.4 Å². The van der Waals surface area contributed by atoms with Crippen LogP contribution in [-0.2, 0) is 39.3 Å². The van der Waals surface area contributed by atoms with Gasteiger partial charge >= 0.3 is 32.7 Å². The topological polar surface area (TPSA) is 44.8 Å². The Labute approximate surface area is 144 Å². The van der Waals surface area contributed by atoms with Crippen LogP contribution in [0.15, 0.2) is 73.3 Å². The normalized spacial score (nSPS) is 8.80. The minimum absolute atomic E-state index is 0. The Morgan fingerprint density at radius 3 is 2.00 bits per heavy atom. The van der Waals surface area contributed by atoms with Crippen LogP contribution in [0.4, 0.5) is 0 Å². The fraction of sp³-hybridized carbons (Fsp3) is 0.0667. The van der Waals surface area contributed by atoms with Crippen molar-refractivity contribution in [3.63, 3.8) is 0 Å². The third kappa shape index (κ3) is 6.59. The van der Waals surface area contributed by atoms with E-state index in [4.69, 9.17) is 0 Å². The largest absolute Gasteiger partial charge is 3.00 e. The summed E-state index contributed by atoms with van der Waals surface area (Å²) in [7, 11) is 0. The van der Waals surface area contributed by atoms with Gasteiger partial charge in [0.25, 0.3) is 0 Å². The van der Waals surface area contributed by atoms with Gasteiger partial charge in [-0.3, -0.25) is 0 Å². The van der Waals surface area contributed by atoms with Crippen molar-refractivity contribution in [2.24, 2.45) is 0 Å². The minimum atomic E-state index is 0. The van der Waals surface area contributed by atoms with Gasteiger partial charge in [-0.1, -0.05) is 42.4 Å². The smallest absolute Gasteiger partial charge is 0.611 e. The van der Waals surface area contributed by atoms with Gasteiger partial charge in [0.15, 0.2) is 0 Å². The average Bonchev–Trinajstić information content (AvgIpc) is 3.02. The van der Waals surface area contributed by atoms with E-state index in [2.05, 4.69) is 21.7 Å². The number of benzene rings is 2. The Bertz CT molecular complexity index is 514. The van der Waals surface area contributed by atoms with Crippen molar-refractivity contribution in [1.29, 1.82) is 0 Å². The van der Waals surface area contributed by atoms with Gasteiger partial charge in [-0.25, -0.2) is 0 Å². The molecule has 0 bridgehead atoms. The summed E-state index contributed by atoms with van der Waals surface area (Å²) in [4.78, 5) is 0. The summed E-state index contributed by atoms with van der Waals surface area (Å²) in [6.07, 6.45) is 3.14. The van der Waals surface area contributed by atoms with E-state index in [0.717, 1.165) is 0 Å². The Balaban J connectivity index is 0.000000243. The molecule has 0 aliphatic rings. The molecular weight excluding hydrogens is 325 g/mol. The van der Waals surface area contributed by atoms with Crippen LogP contribution >= 0.6 is 0 Å². The maximum atomic E-state index is 4.23. The molecule has 0 amide bonds. The number of hydrogen-bond donors (Lipinski definition) is 0. The summed E-state index contributed by atoms with van der Waals surface area (Å²) in [5, 5.41) is 7.31. The molecule has 5 heteroatoms. The fourth-order valence-electron chi connectivity index (χ4n) is 1.36. The molecule has 0 N–H and O–H groups in total. The molecule has 3 rings (SSSR count). The van der Waals surface area contributed by atoms with Crippen molar-refractivity contribution in [1.82, 2.24) is 14.9 Å². The van der Waals surface area contributed by atoms with E-state index < -0.39 is 0 Å². The molecule has 20 heavy (non-hydrogen) atoms. The molecule has 1 heterocycles. The SMILES string of the molecule is [Y+3].[c-]1ccccc1.c1ccc(C[N-]n2cnnc2)cc1. The maximum absolute atomic E-state index is 4.23. The summed E-state index contributed by atoms with van der Waals surface area (Å²) in [5.41, 5.74) is 5.41. The monoisotopic (exact) mass is 339 g/mol. The quantitative estimate of drug-likeness (QED) is 0.689. The van der Waals surface area contributed by atoms with E-state index in [1.807, 2.05) is 60.7 Å². The molecule has 3 aromatic rings. The first-order valence-electron chi connectivity index (χ1n) is 5.92. The van der Waals surface area contributed by atoms with Crippen molar-refractivity contribution in [3.05, 3.63) is 90.4 Å². The molecule has 0 radical (unpaired) electrons. The summed E-state index contributed by atoms with van der Waals surface area (Å²) in [5.74, 6) is 0. The van der Waals surface area contributed by atoms with Crippen molar-refractivity contribution < 1.29 is 32.7 Å². The second kappa shape index (κ2) is 10.3. The molecule has 0 saturated heterocycles. The molecule has 4 nitrogen and oxygen atoms in total. The summed E-state index contributed by atoms with van der Waals surface area (Å²) < 4.78 is 1.60. The molecule has 96 valence electrons. The summed E-state index contributed by atoms with van der Waals surface area (Å²) >= 11 is 0. The summed E-state index contributed by atoms with van der Waals surface area (Å²) in [6.45, 7) is 0.652. The molecule has 0 spiro atoms. The first-order chi connectivity index (χ1) is 9.45. The zero-order valence-corrected chi connectivity index (χ0v) is 13.8. The van der Waals surface area contributed by atoms with Gasteiger partial charge in [0.2, 0.25) is 0 Å². The van der Waals surface area contributed by atoms with Crippen LogP contribution in [0.5, 0.6) is 0 Å². The standard InChI is InChI=1S/C9H9N4.C6H5.Y/c1-2-4-9(5-3-1)6-12-13-7-10-11-8-13;1-2-4-6-5-3-1;/h1-5,7-8H,6H2;1-5H;/q2*-1;+3. The van der Waals surface area contributed by atoms with Crippen molar-refractivity contribution in [2.75, 3.05) is 0 Å². The van der Waals surface area contributed by atoms with Crippen LogP contribution in [-0.4, -0.2) is 14.9 Å². The Hall–Kier alpha value is -1.52. The zero-order chi connectivity index (χ0) is 13.2. The van der Waals surface area contributed by atoms with Gasteiger partial charge < -0.3 is 10.1 Å². The van der Waals surface area contributed by atoms with Crippen LogP contribution in [0.3, 0.4) is 0 Å². The van der Waals surface area contributed by atoms with Gasteiger partial charge in [-0.15, -0.1) is 10.2 Å². The van der Waals surface area contributed by atoms with Crippen LogP contribution in [0.1, 0.15) is 5.56 Å². The van der Waals surface area contributed by atoms with E-state index in [-0.39, 0.29) is 32.7 Å². The van der Waals surface area contributed by atoms with Crippen molar-refractivity contribution in [2.45, 2.75) is 6.54 Å². The van der Waals surface area contributed by atoms with E-state index >= 15 is 0 Å². The number of rotatable bonds is 3. The maximum Gasteiger partial charge on any atom is 3.00 e. The molecular formula is C15H14N4Y+. The number of nitrogens with zero attached hydrogens (tertiary/aromatic N) is 4. The van der Waals surface area contributed by atoms with Crippen LogP contribution < -0.4 is 0 Å². The molecule has 0 fully saturated rings. The van der Waals surface area contributed by atoms with E-state index in [1.54, 1.807) is 17.3 Å². The van der Waals surface area contributed by atoms with Crippen molar-refractivity contribution >= 4 is 0 Å². The Morgan fingerprint density at radius 2 is 1.50 bits per heavy atom. The van der Waals surface area contributed by atoms with Crippen LogP contribution in [0.25, 0.3) is 5.43 Å². The summed E-state index contributed by atoms with van der Waals surface area (Å²) in [6, 6.07) is 22.6. The van der Waals surface area contributed by atoms with E-state index in [9.17, 15) is 0 Å². The number of aromatic nitrogens is 3. The first-order valence-corrected chi connectivity index (χ1v) is 5.92. The first kappa shape index (κ1) is 16.5. The van der Waals surface area contributed by atoms with E-state index in [1.165, 1.54) is 5.56 Å². The average molecular weight is 339 g/mol. The van der Waals surface area contributed by atoms with Crippen molar-refractivity contribution in [3.8, 4) is 0 Å². The number of hydrogen-bond acceptors (Lipinski definition) is 2. The third-order valence-corrected chi connectivity index (χ3v) is 2.27. The second-order valence-electron chi connectivity index (χ2n) is 3.70. The van der Waals surface area contributed by atoms with Gasteiger partial charge in [-0.05, 0) is 0 Å². The molecule has 0 unspecified atom stereocenters. The molecule has 2 aromatic carbocycles. The van der Waals surface area contributed by atoms with E-state index in [0.29, 0.717) is 6.54 Å². The minimum Gasteiger partial charge on any atom is -0.611 e. The molecule has 0 saturated carbocycles. The van der Waals surface area contributed by atoms with Crippen LogP contribution in [0.2, 0.25) is 0 Å². The fourth-order valence-corrected chi connectivity index (χ4v) is 1.36. The molecule has 1 aromatic heterocycles. The molecule has 0 atom stereocenters. The molecule has 0 aliphatic carbocycles. The second-order valence-corrected chi connectivity index (χ2v) is 3.70. The van der Waals surface area contributed by atoms with Gasteiger partial charge in [0.1, 0.15) is 12.7 Å². The van der Waals surface area contributed by atoms with Gasteiger partial charge in [0.05, 0.1) is 0 Å². The third-order valence-electron chi connectivity index (χ3n) is 2.27. The predicted octanol–water partition coefficient (Wildman–Crippen LogP) is 3.10. The zero-order valence-electron chi connectivity index (χ0n) is 11.0. The Kier molecular flexibility index (Phi) is 8.51. The van der Waals surface area contributed by atoms with Crippen LogP contribution in [0, 0.1) is 6.07 Å². The molecule has 0 aliphatic heterocycles. The predicted molar refractivity (Wildman–Crippen MR) is 74.2 cm³/mol. The Morgan fingerprint density at radius 1 is 0.900 bits per heavy atom. The van der Waals surface area contributed by atoms with Gasteiger partial charge in [0, 0.05) is 0 Å².